The van der Waals surface area contributed by atoms with E-state index >= 15 is 0 Å². The van der Waals surface area contributed by atoms with Gasteiger partial charge in [0, 0.05) is 5.75 Å². The summed E-state index contributed by atoms with van der Waals surface area (Å²) in [6.07, 6.45) is 14.9. The quantitative estimate of drug-likeness (QED) is 0.543. The van der Waals surface area contributed by atoms with Crippen LogP contribution in [0, 0.1) is 0 Å². The number of rotatable bonds is 0. The Balaban J connectivity index is 2.43. The van der Waals surface area contributed by atoms with Crippen molar-refractivity contribution in [2.45, 2.75) is 0 Å². The van der Waals surface area contributed by atoms with E-state index in [0.717, 1.165) is 5.75 Å². The monoisotopic (exact) mass is 174 g/mol. The van der Waals surface area contributed by atoms with Gasteiger partial charge in [-0.1, -0.05) is 42.5 Å². The first-order valence-electron chi connectivity index (χ1n) is 4.00. The molecule has 0 bridgehead atoms. The van der Waals surface area contributed by atoms with Crippen molar-refractivity contribution in [1.82, 2.24) is 0 Å². The van der Waals surface area contributed by atoms with Gasteiger partial charge in [0.25, 0.3) is 0 Å². The van der Waals surface area contributed by atoms with Crippen LogP contribution in [0.25, 0.3) is 0 Å². The summed E-state index contributed by atoms with van der Waals surface area (Å²) in [5.41, 5.74) is 2.63. The van der Waals surface area contributed by atoms with Gasteiger partial charge in [0.15, 0.2) is 0 Å². The first-order valence-corrected chi connectivity index (χ1v) is 5.05. The standard InChI is InChI=1S/C11H10S/c1-2-5-10-7-4-8-12-9-11(10)6-3-1/h1-7,9H,8H2. The van der Waals surface area contributed by atoms with Crippen LogP contribution in [0.5, 0.6) is 0 Å². The lowest BCUT2D eigenvalue weighted by Crippen LogP contribution is -1.78. The predicted octanol–water partition coefficient (Wildman–Crippen LogP) is 3.23. The maximum atomic E-state index is 2.22. The molecule has 1 aliphatic carbocycles. The smallest absolute Gasteiger partial charge is 0.0158 e. The summed E-state index contributed by atoms with van der Waals surface area (Å²) in [5.74, 6) is 1.08. The fourth-order valence-corrected chi connectivity index (χ4v) is 1.90. The van der Waals surface area contributed by atoms with Crippen LogP contribution >= 0.6 is 11.8 Å². The van der Waals surface area contributed by atoms with Gasteiger partial charge < -0.3 is 0 Å². The largest absolute Gasteiger partial charge is 0.129 e. The lowest BCUT2D eigenvalue weighted by molar-refractivity contribution is 1.57. The molecule has 2 aliphatic rings. The molecule has 0 atom stereocenters. The topological polar surface area (TPSA) is 0 Å². The summed E-state index contributed by atoms with van der Waals surface area (Å²) in [4.78, 5) is 0. The zero-order chi connectivity index (χ0) is 8.23. The van der Waals surface area contributed by atoms with E-state index in [9.17, 15) is 0 Å². The highest BCUT2D eigenvalue weighted by Gasteiger charge is 2.01. The van der Waals surface area contributed by atoms with Crippen LogP contribution in [0.4, 0.5) is 0 Å². The molecular weight excluding hydrogens is 164 g/mol. The van der Waals surface area contributed by atoms with Crippen molar-refractivity contribution in [3.05, 3.63) is 59.1 Å². The molecule has 0 saturated carbocycles. The Morgan fingerprint density at radius 2 is 2.00 bits per heavy atom. The molecule has 0 nitrogen and oxygen atoms in total. The van der Waals surface area contributed by atoms with E-state index in [1.54, 1.807) is 0 Å². The molecule has 0 aromatic carbocycles. The van der Waals surface area contributed by atoms with Gasteiger partial charge >= 0.3 is 0 Å². The van der Waals surface area contributed by atoms with Crippen LogP contribution in [0.2, 0.25) is 0 Å². The highest BCUT2D eigenvalue weighted by Crippen LogP contribution is 2.23. The van der Waals surface area contributed by atoms with Gasteiger partial charge in [-0.25, -0.2) is 0 Å². The Hall–Kier alpha value is -0.950. The molecular formula is C11H10S. The molecule has 1 heteroatoms. The maximum Gasteiger partial charge on any atom is 0.0158 e. The summed E-state index contributed by atoms with van der Waals surface area (Å²) >= 11 is 1.84. The number of hydrogen-bond acceptors (Lipinski definition) is 1. The van der Waals surface area contributed by atoms with E-state index in [4.69, 9.17) is 0 Å². The number of allylic oxidation sites excluding steroid dienone is 8. The van der Waals surface area contributed by atoms with E-state index in [1.165, 1.54) is 11.1 Å². The molecule has 60 valence electrons. The fourth-order valence-electron chi connectivity index (χ4n) is 1.20. The summed E-state index contributed by atoms with van der Waals surface area (Å²) in [6.45, 7) is 0. The zero-order valence-electron chi connectivity index (χ0n) is 6.73. The third-order valence-electron chi connectivity index (χ3n) is 1.81. The van der Waals surface area contributed by atoms with Crippen molar-refractivity contribution in [2.24, 2.45) is 0 Å². The number of fused-ring (bicyclic) bond motifs is 1. The Labute approximate surface area is 77.1 Å². The molecule has 0 unspecified atom stereocenters. The first-order chi connectivity index (χ1) is 5.97. The second-order valence-electron chi connectivity index (χ2n) is 2.67. The van der Waals surface area contributed by atoms with Gasteiger partial charge in [-0.05, 0) is 16.6 Å². The molecule has 1 heterocycles. The van der Waals surface area contributed by atoms with Gasteiger partial charge in [-0.3, -0.25) is 0 Å². The molecule has 0 spiro atoms. The second-order valence-corrected chi connectivity index (χ2v) is 3.58. The van der Waals surface area contributed by atoms with Crippen LogP contribution in [0.15, 0.2) is 59.1 Å². The van der Waals surface area contributed by atoms with Crippen molar-refractivity contribution in [3.63, 3.8) is 0 Å². The minimum atomic E-state index is 1.08. The Morgan fingerprint density at radius 3 is 3.00 bits per heavy atom. The van der Waals surface area contributed by atoms with Gasteiger partial charge in [-0.15, -0.1) is 11.8 Å². The number of hydrogen-bond donors (Lipinski definition) is 0. The van der Waals surface area contributed by atoms with Gasteiger partial charge in [-0.2, -0.15) is 0 Å². The minimum Gasteiger partial charge on any atom is -0.129 e. The van der Waals surface area contributed by atoms with Crippen molar-refractivity contribution >= 4 is 11.8 Å². The molecule has 12 heavy (non-hydrogen) atoms. The highest BCUT2D eigenvalue weighted by molar-refractivity contribution is 8.02. The molecule has 2 rings (SSSR count). The average molecular weight is 174 g/mol. The molecule has 0 amide bonds. The lowest BCUT2D eigenvalue weighted by atomic mass is 10.1. The van der Waals surface area contributed by atoms with Crippen LogP contribution in [-0.2, 0) is 0 Å². The third-order valence-corrected chi connectivity index (χ3v) is 2.61. The molecule has 1 aliphatic heterocycles. The van der Waals surface area contributed by atoms with E-state index in [-0.39, 0.29) is 0 Å². The number of thioether (sulfide) groups is 1. The van der Waals surface area contributed by atoms with E-state index in [1.807, 2.05) is 11.8 Å². The SMILES string of the molecule is C1=CC=C2C=CCSC=C2C=C1. The van der Waals surface area contributed by atoms with Crippen LogP contribution < -0.4 is 0 Å². The van der Waals surface area contributed by atoms with Crippen LogP contribution in [-0.4, -0.2) is 5.75 Å². The van der Waals surface area contributed by atoms with Crippen LogP contribution in [0.3, 0.4) is 0 Å². The minimum absolute atomic E-state index is 1.08. The second kappa shape index (κ2) is 3.63. The van der Waals surface area contributed by atoms with Crippen molar-refractivity contribution in [3.8, 4) is 0 Å². The lowest BCUT2D eigenvalue weighted by Gasteiger charge is -1.98. The van der Waals surface area contributed by atoms with E-state index < -0.39 is 0 Å². The van der Waals surface area contributed by atoms with Crippen molar-refractivity contribution < 1.29 is 0 Å². The van der Waals surface area contributed by atoms with Crippen molar-refractivity contribution in [1.29, 1.82) is 0 Å². The molecule has 0 fully saturated rings. The highest BCUT2D eigenvalue weighted by atomic mass is 32.2. The predicted molar refractivity (Wildman–Crippen MR) is 56.0 cm³/mol. The molecule has 0 radical (unpaired) electrons. The van der Waals surface area contributed by atoms with E-state index in [0.29, 0.717) is 0 Å². The van der Waals surface area contributed by atoms with Gasteiger partial charge in [0.2, 0.25) is 0 Å². The maximum absolute atomic E-state index is 2.22. The summed E-state index contributed by atoms with van der Waals surface area (Å²) in [5, 5.41) is 2.22. The van der Waals surface area contributed by atoms with Gasteiger partial charge in [0.1, 0.15) is 0 Å². The summed E-state index contributed by atoms with van der Waals surface area (Å²) < 4.78 is 0. The fraction of sp³-hybridized carbons (Fsp3) is 0.0909. The average Bonchev–Trinajstić information content (AvgIpc) is 2.38. The molecule has 0 saturated heterocycles. The van der Waals surface area contributed by atoms with Crippen molar-refractivity contribution in [2.75, 3.05) is 5.75 Å². The molecule has 0 aromatic rings. The first kappa shape index (κ1) is 7.69. The van der Waals surface area contributed by atoms with Crippen LogP contribution in [0.1, 0.15) is 0 Å². The van der Waals surface area contributed by atoms with Gasteiger partial charge in [0.05, 0.1) is 0 Å². The summed E-state index contributed by atoms with van der Waals surface area (Å²) in [7, 11) is 0. The normalized spacial score (nSPS) is 20.7. The third kappa shape index (κ3) is 1.62. The Kier molecular flexibility index (Phi) is 2.33. The summed E-state index contributed by atoms with van der Waals surface area (Å²) in [6, 6.07) is 0. The Morgan fingerprint density at radius 1 is 1.00 bits per heavy atom. The Bertz CT molecular complexity index is 314. The molecule has 0 aromatic heterocycles. The molecule has 0 N–H and O–H groups in total. The zero-order valence-corrected chi connectivity index (χ0v) is 7.55. The van der Waals surface area contributed by atoms with E-state index in [2.05, 4.69) is 47.9 Å².